The second-order valence-corrected chi connectivity index (χ2v) is 16.8. The molecule has 0 aliphatic carbocycles. The normalized spacial score (nSPS) is 31.7. The zero-order valence-electron chi connectivity index (χ0n) is 28.7. The van der Waals surface area contributed by atoms with E-state index in [2.05, 4.69) is 92.4 Å². The quantitative estimate of drug-likeness (QED) is 0.327. The Hall–Kier alpha value is -2.64. The highest BCUT2D eigenvalue weighted by atomic mass is 16.5. The van der Waals surface area contributed by atoms with Gasteiger partial charge in [-0.3, -0.25) is 19.8 Å². The third-order valence-corrected chi connectivity index (χ3v) is 8.76. The van der Waals surface area contributed by atoms with Gasteiger partial charge < -0.3 is 14.8 Å². The number of ether oxygens (including phenoxy) is 2. The van der Waals surface area contributed by atoms with Crippen LogP contribution >= 0.6 is 0 Å². The molecule has 7 nitrogen and oxygen atoms in total. The van der Waals surface area contributed by atoms with E-state index in [0.717, 1.165) is 59.2 Å². The summed E-state index contributed by atoms with van der Waals surface area (Å²) in [5.74, 6) is 0.0213. The Labute approximate surface area is 259 Å². The van der Waals surface area contributed by atoms with E-state index in [-0.39, 0.29) is 33.4 Å². The predicted molar refractivity (Wildman–Crippen MR) is 177 cm³/mol. The van der Waals surface area contributed by atoms with Crippen LogP contribution in [0.2, 0.25) is 0 Å². The Morgan fingerprint density at radius 2 is 1.30 bits per heavy atom. The number of allylic oxidation sites excluding steroid dienone is 6. The first-order valence-corrected chi connectivity index (χ1v) is 15.7. The molecule has 4 rings (SSSR count). The van der Waals surface area contributed by atoms with Crippen molar-refractivity contribution >= 4 is 23.0 Å². The Kier molecular flexibility index (Phi) is 8.56. The molecule has 1 N–H and O–H groups in total. The van der Waals surface area contributed by atoms with Crippen molar-refractivity contribution < 1.29 is 14.3 Å². The molecule has 1 fully saturated rings. The van der Waals surface area contributed by atoms with Crippen molar-refractivity contribution in [3.8, 4) is 0 Å². The number of carbonyl (C=O) groups is 1. The summed E-state index contributed by atoms with van der Waals surface area (Å²) in [7, 11) is 0. The molecule has 0 aromatic carbocycles. The van der Waals surface area contributed by atoms with Crippen LogP contribution in [-0.2, 0) is 14.3 Å². The summed E-state index contributed by atoms with van der Waals surface area (Å²) in [5, 5.41) is 3.09. The van der Waals surface area contributed by atoms with E-state index in [9.17, 15) is 4.79 Å². The zero-order chi connectivity index (χ0) is 32.2. The summed E-state index contributed by atoms with van der Waals surface area (Å²) in [5.41, 5.74) is 5.32. The SMILES string of the molecule is C=C1N=C(/C=C2\CC(C)(COC(C)(C)C)C(/C=C3N=C(/C=C4\NC(=O)CC4(C)COC(C)(C)C)CC\3(C)C)=N2)CC1(C)C. The minimum Gasteiger partial charge on any atom is -0.375 e. The monoisotopic (exact) mass is 590 g/mol. The average Bonchev–Trinajstić information content (AvgIpc) is 3.47. The van der Waals surface area contributed by atoms with Gasteiger partial charge in [-0.25, -0.2) is 0 Å². The number of rotatable bonds is 7. The highest BCUT2D eigenvalue weighted by Gasteiger charge is 2.43. The summed E-state index contributed by atoms with van der Waals surface area (Å²) >= 11 is 0. The molecule has 2 atom stereocenters. The van der Waals surface area contributed by atoms with E-state index in [4.69, 9.17) is 24.5 Å². The molecule has 4 heterocycles. The Morgan fingerprint density at radius 1 is 0.744 bits per heavy atom. The van der Waals surface area contributed by atoms with Crippen molar-refractivity contribution in [3.63, 3.8) is 0 Å². The standard InChI is InChI=1S/C36H54N4O3/c1-23-33(8,9)17-24(37-23)14-25-19-35(12,21-42-31(2,3)4)29(39-25)16-27-34(10,11)18-26(38-27)15-28-36(13,20-30(41)40-28)22-43-32(5,6)7/h14-16H,1,17-22H2,2-13H3,(H,40,41)/b25-14+,27-16-,28-15-. The molecule has 4 aliphatic rings. The first-order chi connectivity index (χ1) is 19.5. The van der Waals surface area contributed by atoms with Crippen LogP contribution in [0.5, 0.6) is 0 Å². The van der Waals surface area contributed by atoms with Gasteiger partial charge in [0.25, 0.3) is 0 Å². The van der Waals surface area contributed by atoms with Crippen molar-refractivity contribution in [3.05, 3.63) is 47.6 Å². The first kappa shape index (κ1) is 33.3. The number of carbonyl (C=O) groups excluding carboxylic acids is 1. The lowest BCUT2D eigenvalue weighted by atomic mass is 9.80. The van der Waals surface area contributed by atoms with Crippen LogP contribution < -0.4 is 5.32 Å². The number of amides is 1. The van der Waals surface area contributed by atoms with Crippen molar-refractivity contribution in [1.29, 1.82) is 0 Å². The summed E-state index contributed by atoms with van der Waals surface area (Å²) in [4.78, 5) is 27.6. The van der Waals surface area contributed by atoms with Crippen LogP contribution in [0, 0.1) is 21.7 Å². The Bertz CT molecular complexity index is 1370. The molecule has 0 bridgehead atoms. The van der Waals surface area contributed by atoms with E-state index >= 15 is 0 Å². The molecule has 1 amide bonds. The summed E-state index contributed by atoms with van der Waals surface area (Å²) in [6, 6.07) is 0. The molecule has 43 heavy (non-hydrogen) atoms. The van der Waals surface area contributed by atoms with E-state index in [1.54, 1.807) is 0 Å². The number of hydrogen-bond acceptors (Lipinski definition) is 6. The molecule has 4 aliphatic heterocycles. The molecular formula is C36H54N4O3. The van der Waals surface area contributed by atoms with E-state index in [1.165, 1.54) is 0 Å². The van der Waals surface area contributed by atoms with E-state index < -0.39 is 5.41 Å². The van der Waals surface area contributed by atoms with Crippen LogP contribution in [-0.4, -0.2) is 47.5 Å². The fraction of sp³-hybridized carbons (Fsp3) is 0.667. The van der Waals surface area contributed by atoms with Crippen LogP contribution in [0.25, 0.3) is 0 Å². The second-order valence-electron chi connectivity index (χ2n) is 16.8. The van der Waals surface area contributed by atoms with Gasteiger partial charge in [-0.05, 0) is 59.8 Å². The Morgan fingerprint density at radius 3 is 1.86 bits per heavy atom. The Balaban J connectivity index is 1.68. The molecule has 236 valence electrons. The van der Waals surface area contributed by atoms with Gasteiger partial charge in [0.2, 0.25) is 5.91 Å². The van der Waals surface area contributed by atoms with Gasteiger partial charge in [-0.15, -0.1) is 0 Å². The second kappa shape index (κ2) is 11.1. The lowest BCUT2D eigenvalue weighted by Crippen LogP contribution is -2.34. The minimum atomic E-state index is -0.412. The van der Waals surface area contributed by atoms with Crippen LogP contribution in [0.3, 0.4) is 0 Å². The number of hydrogen-bond donors (Lipinski definition) is 1. The number of nitrogens with zero attached hydrogens (tertiary/aromatic N) is 3. The fourth-order valence-electron chi connectivity index (χ4n) is 5.81. The average molecular weight is 591 g/mol. The largest absolute Gasteiger partial charge is 0.375 e. The summed E-state index contributed by atoms with van der Waals surface area (Å²) in [6.07, 6.45) is 9.19. The van der Waals surface area contributed by atoms with Gasteiger partial charge in [-0.2, -0.15) is 0 Å². The number of nitrogens with one attached hydrogen (secondary N) is 1. The maximum atomic E-state index is 12.5. The van der Waals surface area contributed by atoms with Crippen molar-refractivity contribution in [2.45, 2.75) is 120 Å². The van der Waals surface area contributed by atoms with Crippen LogP contribution in [0.4, 0.5) is 0 Å². The lowest BCUT2D eigenvalue weighted by Gasteiger charge is -2.30. The predicted octanol–water partition coefficient (Wildman–Crippen LogP) is 7.90. The lowest BCUT2D eigenvalue weighted by molar-refractivity contribution is -0.120. The van der Waals surface area contributed by atoms with Gasteiger partial charge in [0.15, 0.2) is 0 Å². The van der Waals surface area contributed by atoms with Gasteiger partial charge in [0.05, 0.1) is 30.1 Å². The molecule has 0 saturated carbocycles. The topological polar surface area (TPSA) is 84.6 Å². The maximum Gasteiger partial charge on any atom is 0.225 e. The van der Waals surface area contributed by atoms with E-state index in [1.807, 2.05) is 20.8 Å². The highest BCUT2D eigenvalue weighted by Crippen LogP contribution is 2.44. The first-order valence-electron chi connectivity index (χ1n) is 15.7. The van der Waals surface area contributed by atoms with Crippen molar-refractivity contribution in [2.24, 2.45) is 36.6 Å². The molecule has 0 spiro atoms. The van der Waals surface area contributed by atoms with Gasteiger partial charge in [-0.1, -0.05) is 48.1 Å². The molecule has 0 aromatic heterocycles. The molecule has 0 aromatic rings. The fourth-order valence-corrected chi connectivity index (χ4v) is 5.81. The third kappa shape index (κ3) is 7.91. The maximum absolute atomic E-state index is 12.5. The van der Waals surface area contributed by atoms with Crippen molar-refractivity contribution in [1.82, 2.24) is 5.32 Å². The van der Waals surface area contributed by atoms with Gasteiger partial charge >= 0.3 is 0 Å². The molecule has 0 radical (unpaired) electrons. The van der Waals surface area contributed by atoms with Crippen LogP contribution in [0.1, 0.15) is 109 Å². The highest BCUT2D eigenvalue weighted by molar-refractivity contribution is 6.06. The molecule has 7 heteroatoms. The smallest absolute Gasteiger partial charge is 0.225 e. The van der Waals surface area contributed by atoms with Gasteiger partial charge in [0.1, 0.15) is 0 Å². The third-order valence-electron chi connectivity index (χ3n) is 8.76. The molecular weight excluding hydrogens is 536 g/mol. The summed E-state index contributed by atoms with van der Waals surface area (Å²) in [6.45, 7) is 30.7. The van der Waals surface area contributed by atoms with E-state index in [0.29, 0.717) is 19.6 Å². The van der Waals surface area contributed by atoms with Crippen molar-refractivity contribution in [2.75, 3.05) is 13.2 Å². The molecule has 1 saturated heterocycles. The number of aliphatic imine (C=N–C) groups is 3. The van der Waals surface area contributed by atoms with Gasteiger partial charge in [0, 0.05) is 81.6 Å². The zero-order valence-corrected chi connectivity index (χ0v) is 28.7. The summed E-state index contributed by atoms with van der Waals surface area (Å²) < 4.78 is 12.5. The minimum absolute atomic E-state index is 0.0213. The molecule has 2 unspecified atom stereocenters. The van der Waals surface area contributed by atoms with Crippen LogP contribution in [0.15, 0.2) is 62.6 Å².